The van der Waals surface area contributed by atoms with Gasteiger partial charge in [0.15, 0.2) is 5.78 Å². The number of hydrogen-bond donors (Lipinski definition) is 1. The number of hydrogen-bond acceptors (Lipinski definition) is 4. The lowest BCUT2D eigenvalue weighted by atomic mass is 9.72. The summed E-state index contributed by atoms with van der Waals surface area (Å²) in [5.74, 6) is -0.0112. The molecule has 0 unspecified atom stereocenters. The van der Waals surface area contributed by atoms with E-state index in [-0.39, 0.29) is 17.9 Å². The Morgan fingerprint density at radius 1 is 0.893 bits per heavy atom. The first kappa shape index (κ1) is 17.3. The molecule has 2 N–H and O–H groups in total. The summed E-state index contributed by atoms with van der Waals surface area (Å²) in [6.07, 6.45) is 3.27. The van der Waals surface area contributed by atoms with Crippen LogP contribution in [0.25, 0.3) is 22.4 Å². The molecule has 2 aromatic carbocycles. The predicted octanol–water partition coefficient (Wildman–Crippen LogP) is 4.47. The van der Waals surface area contributed by atoms with Gasteiger partial charge in [-0.1, -0.05) is 54.6 Å². The summed E-state index contributed by atoms with van der Waals surface area (Å²) in [5.41, 5.74) is 12.8. The van der Waals surface area contributed by atoms with Gasteiger partial charge in [0.2, 0.25) is 0 Å². The molecule has 0 spiro atoms. The molecule has 1 aliphatic heterocycles. The number of fused-ring (bicyclic) bond motifs is 1. The Kier molecular flexibility index (Phi) is 4.11. The number of benzene rings is 2. The van der Waals surface area contributed by atoms with Gasteiger partial charge in [0.1, 0.15) is 6.61 Å². The normalized spacial score (nSPS) is 17.7. The molecular weight excluding hydrogens is 348 g/mol. The maximum atomic E-state index is 12.3. The minimum Gasteiger partial charge on any atom is -0.367 e. The van der Waals surface area contributed by atoms with Crippen molar-refractivity contribution in [1.29, 1.82) is 0 Å². The number of nitrogens with zero attached hydrogens (tertiary/aromatic N) is 1. The van der Waals surface area contributed by atoms with Gasteiger partial charge in [-0.2, -0.15) is 0 Å². The number of aromatic nitrogens is 1. The van der Waals surface area contributed by atoms with Gasteiger partial charge in [-0.05, 0) is 36.5 Å². The van der Waals surface area contributed by atoms with Gasteiger partial charge in [0, 0.05) is 22.2 Å². The average molecular weight is 370 g/mol. The number of pyridine rings is 1. The van der Waals surface area contributed by atoms with Gasteiger partial charge in [0.25, 0.3) is 0 Å². The molecule has 2 aliphatic rings. The lowest BCUT2D eigenvalue weighted by Gasteiger charge is -2.38. The molecule has 4 nitrogen and oxygen atoms in total. The molecular formula is C24H22N2O2. The summed E-state index contributed by atoms with van der Waals surface area (Å²) in [6, 6.07) is 20.5. The van der Waals surface area contributed by atoms with E-state index >= 15 is 0 Å². The summed E-state index contributed by atoms with van der Waals surface area (Å²) in [4.78, 5) is 17.2. The molecule has 0 radical (unpaired) electrons. The lowest BCUT2D eigenvalue weighted by molar-refractivity contribution is 0.0655. The smallest absolute Gasteiger partial charge is 0.190 e. The number of ether oxygens (including phenoxy) is 1. The van der Waals surface area contributed by atoms with E-state index in [0.29, 0.717) is 17.9 Å². The Balaban J connectivity index is 1.64. The third-order valence-electron chi connectivity index (χ3n) is 5.94. The molecule has 2 heterocycles. The zero-order chi connectivity index (χ0) is 19.1. The number of ketones is 1. The third-order valence-corrected chi connectivity index (χ3v) is 5.94. The topological polar surface area (TPSA) is 65.2 Å². The number of carbonyl (C=O) groups excluding carboxylic acids is 1. The molecule has 28 heavy (non-hydrogen) atoms. The SMILES string of the molecule is NC1(c2ccc(-c3nc4c(cc3-c3ccccc3)C(=O)COC4)cc2)CCC1. The van der Waals surface area contributed by atoms with Crippen LogP contribution in [0.5, 0.6) is 0 Å². The zero-order valence-corrected chi connectivity index (χ0v) is 15.7. The van der Waals surface area contributed by atoms with Gasteiger partial charge < -0.3 is 10.5 Å². The molecule has 1 fully saturated rings. The van der Waals surface area contributed by atoms with Crippen molar-refractivity contribution in [3.05, 3.63) is 77.5 Å². The van der Waals surface area contributed by atoms with Crippen LogP contribution in [0.3, 0.4) is 0 Å². The Hall–Kier alpha value is -2.82. The maximum Gasteiger partial charge on any atom is 0.190 e. The molecule has 0 bridgehead atoms. The van der Waals surface area contributed by atoms with E-state index in [4.69, 9.17) is 15.5 Å². The van der Waals surface area contributed by atoms with Crippen molar-refractivity contribution in [2.45, 2.75) is 31.4 Å². The molecule has 4 heteroatoms. The third kappa shape index (κ3) is 2.86. The second-order valence-electron chi connectivity index (χ2n) is 7.75. The number of Topliss-reactive ketones (excluding diaryl/α,β-unsaturated/α-hetero) is 1. The highest BCUT2D eigenvalue weighted by atomic mass is 16.5. The van der Waals surface area contributed by atoms with E-state index < -0.39 is 0 Å². The highest BCUT2D eigenvalue weighted by Gasteiger charge is 2.34. The van der Waals surface area contributed by atoms with Gasteiger partial charge in [-0.3, -0.25) is 4.79 Å². The van der Waals surface area contributed by atoms with Crippen LogP contribution in [0.15, 0.2) is 60.7 Å². The van der Waals surface area contributed by atoms with Crippen molar-refractivity contribution in [3.8, 4) is 22.4 Å². The molecule has 1 aromatic heterocycles. The van der Waals surface area contributed by atoms with Crippen molar-refractivity contribution >= 4 is 5.78 Å². The zero-order valence-electron chi connectivity index (χ0n) is 15.7. The number of carbonyl (C=O) groups is 1. The number of rotatable bonds is 3. The predicted molar refractivity (Wildman–Crippen MR) is 109 cm³/mol. The van der Waals surface area contributed by atoms with Crippen molar-refractivity contribution in [3.63, 3.8) is 0 Å². The van der Waals surface area contributed by atoms with Crippen molar-refractivity contribution < 1.29 is 9.53 Å². The first-order chi connectivity index (χ1) is 13.6. The minimum absolute atomic E-state index is 0.0112. The fourth-order valence-electron chi connectivity index (χ4n) is 4.09. The Labute approximate surface area is 164 Å². The largest absolute Gasteiger partial charge is 0.367 e. The van der Waals surface area contributed by atoms with Crippen LogP contribution in [0, 0.1) is 0 Å². The van der Waals surface area contributed by atoms with Gasteiger partial charge >= 0.3 is 0 Å². The number of nitrogens with two attached hydrogens (primary N) is 1. The summed E-state index contributed by atoms with van der Waals surface area (Å²) in [6.45, 7) is 0.489. The second-order valence-corrected chi connectivity index (χ2v) is 7.75. The van der Waals surface area contributed by atoms with E-state index in [0.717, 1.165) is 35.2 Å². The highest BCUT2D eigenvalue weighted by Crippen LogP contribution is 2.40. The van der Waals surface area contributed by atoms with Crippen LogP contribution >= 0.6 is 0 Å². The molecule has 0 atom stereocenters. The van der Waals surface area contributed by atoms with Crippen LogP contribution in [0.4, 0.5) is 0 Å². The van der Waals surface area contributed by atoms with Crippen LogP contribution in [-0.2, 0) is 16.9 Å². The molecule has 1 aliphatic carbocycles. The van der Waals surface area contributed by atoms with Gasteiger partial charge in [0.05, 0.1) is 18.0 Å². The lowest BCUT2D eigenvalue weighted by Crippen LogP contribution is -2.43. The van der Waals surface area contributed by atoms with Crippen LogP contribution < -0.4 is 5.73 Å². The Morgan fingerprint density at radius 2 is 1.64 bits per heavy atom. The molecule has 140 valence electrons. The monoisotopic (exact) mass is 370 g/mol. The Bertz CT molecular complexity index is 1040. The van der Waals surface area contributed by atoms with Crippen LogP contribution in [-0.4, -0.2) is 17.4 Å². The minimum atomic E-state index is -0.176. The van der Waals surface area contributed by atoms with E-state index in [9.17, 15) is 4.79 Å². The Morgan fingerprint density at radius 3 is 2.32 bits per heavy atom. The van der Waals surface area contributed by atoms with E-state index in [1.165, 1.54) is 12.0 Å². The van der Waals surface area contributed by atoms with E-state index in [1.807, 2.05) is 36.4 Å². The molecule has 1 saturated carbocycles. The summed E-state index contributed by atoms with van der Waals surface area (Å²) < 4.78 is 5.40. The standard InChI is InChI=1S/C24H22N2O2/c25-24(11-4-12-24)18-9-7-17(8-10-18)23-19(16-5-2-1-3-6-16)13-20-21(26-23)14-28-15-22(20)27/h1-3,5-10,13H,4,11-12,14-15,25H2. The van der Waals surface area contributed by atoms with Crippen molar-refractivity contribution in [1.82, 2.24) is 4.98 Å². The van der Waals surface area contributed by atoms with Gasteiger partial charge in [-0.15, -0.1) is 0 Å². The first-order valence-corrected chi connectivity index (χ1v) is 9.74. The molecule has 3 aromatic rings. The fraction of sp³-hybridized carbons (Fsp3) is 0.250. The van der Waals surface area contributed by atoms with Crippen molar-refractivity contribution in [2.75, 3.05) is 6.61 Å². The highest BCUT2D eigenvalue weighted by molar-refractivity contribution is 6.01. The van der Waals surface area contributed by atoms with Crippen LogP contribution in [0.2, 0.25) is 0 Å². The van der Waals surface area contributed by atoms with Crippen molar-refractivity contribution in [2.24, 2.45) is 5.73 Å². The van der Waals surface area contributed by atoms with E-state index in [2.05, 4.69) is 24.3 Å². The van der Waals surface area contributed by atoms with Crippen LogP contribution in [0.1, 0.15) is 40.9 Å². The second kappa shape index (κ2) is 6.66. The molecule has 0 saturated heterocycles. The molecule has 5 rings (SSSR count). The molecule has 0 amide bonds. The average Bonchev–Trinajstić information content (AvgIpc) is 2.72. The first-order valence-electron chi connectivity index (χ1n) is 9.74. The van der Waals surface area contributed by atoms with Gasteiger partial charge in [-0.25, -0.2) is 4.98 Å². The summed E-state index contributed by atoms with van der Waals surface area (Å²) in [5, 5.41) is 0. The summed E-state index contributed by atoms with van der Waals surface area (Å²) in [7, 11) is 0. The fourth-order valence-corrected chi connectivity index (χ4v) is 4.09. The quantitative estimate of drug-likeness (QED) is 0.739. The summed E-state index contributed by atoms with van der Waals surface area (Å²) >= 11 is 0. The van der Waals surface area contributed by atoms with E-state index in [1.54, 1.807) is 0 Å². The maximum absolute atomic E-state index is 12.3.